The Morgan fingerprint density at radius 1 is 1.29 bits per heavy atom. The van der Waals surface area contributed by atoms with Crippen LogP contribution >= 0.6 is 0 Å². The van der Waals surface area contributed by atoms with Gasteiger partial charge in [-0.1, -0.05) is 19.1 Å². The first-order chi connectivity index (χ1) is 10.3. The lowest BCUT2D eigenvalue weighted by molar-refractivity contribution is 0.120. The molecule has 2 rings (SSSR count). The Bertz CT molecular complexity index is 398. The van der Waals surface area contributed by atoms with E-state index >= 15 is 0 Å². The van der Waals surface area contributed by atoms with Crippen LogP contribution < -0.4 is 10.1 Å². The molecular formula is C18H30N2O. The fraction of sp³-hybridized carbons (Fsp3) is 0.667. The van der Waals surface area contributed by atoms with Gasteiger partial charge in [-0.15, -0.1) is 0 Å². The third-order valence-corrected chi connectivity index (χ3v) is 4.39. The van der Waals surface area contributed by atoms with E-state index in [1.807, 2.05) is 6.92 Å². The topological polar surface area (TPSA) is 24.5 Å². The number of ether oxygens (including phenoxy) is 1. The van der Waals surface area contributed by atoms with E-state index in [9.17, 15) is 0 Å². The van der Waals surface area contributed by atoms with Gasteiger partial charge in [0.15, 0.2) is 0 Å². The predicted octanol–water partition coefficient (Wildman–Crippen LogP) is 3.61. The second-order valence-corrected chi connectivity index (χ2v) is 5.92. The molecule has 0 spiro atoms. The molecule has 1 aliphatic rings. The van der Waals surface area contributed by atoms with Gasteiger partial charge >= 0.3 is 0 Å². The molecule has 1 heterocycles. The molecular weight excluding hydrogens is 260 g/mol. The molecule has 118 valence electrons. The van der Waals surface area contributed by atoms with Gasteiger partial charge in [0.05, 0.1) is 6.61 Å². The van der Waals surface area contributed by atoms with Crippen LogP contribution in [0.25, 0.3) is 0 Å². The van der Waals surface area contributed by atoms with E-state index in [0.29, 0.717) is 12.1 Å². The fourth-order valence-electron chi connectivity index (χ4n) is 3.27. The molecule has 1 aromatic rings. The maximum Gasteiger partial charge on any atom is 0.119 e. The van der Waals surface area contributed by atoms with Gasteiger partial charge in [-0.25, -0.2) is 0 Å². The Hall–Kier alpha value is -1.06. The Kier molecular flexibility index (Phi) is 6.52. The van der Waals surface area contributed by atoms with Crippen LogP contribution in [0.5, 0.6) is 5.75 Å². The molecule has 1 aromatic carbocycles. The zero-order chi connectivity index (χ0) is 15.1. The van der Waals surface area contributed by atoms with Gasteiger partial charge in [0.2, 0.25) is 0 Å². The van der Waals surface area contributed by atoms with Gasteiger partial charge in [0.1, 0.15) is 5.75 Å². The van der Waals surface area contributed by atoms with Crippen LogP contribution in [0.3, 0.4) is 0 Å². The molecule has 1 saturated heterocycles. The van der Waals surface area contributed by atoms with Crippen molar-refractivity contribution in [1.82, 2.24) is 10.2 Å². The van der Waals surface area contributed by atoms with E-state index in [0.717, 1.165) is 18.9 Å². The van der Waals surface area contributed by atoms with Crippen molar-refractivity contribution in [3.8, 4) is 5.75 Å². The van der Waals surface area contributed by atoms with Gasteiger partial charge in [-0.05, 0) is 63.9 Å². The summed E-state index contributed by atoms with van der Waals surface area (Å²) < 4.78 is 5.54. The third kappa shape index (κ3) is 4.45. The van der Waals surface area contributed by atoms with Crippen molar-refractivity contribution in [2.45, 2.75) is 52.1 Å². The standard InChI is InChI=1S/C18H30N2O/c1-4-13-20(17-7-6-12-19-14-17)15(3)16-8-10-18(11-9-16)21-5-2/h8-11,15,17,19H,4-7,12-14H2,1-3H3. The summed E-state index contributed by atoms with van der Waals surface area (Å²) in [5.74, 6) is 0.967. The summed E-state index contributed by atoms with van der Waals surface area (Å²) in [6.07, 6.45) is 3.81. The monoisotopic (exact) mass is 290 g/mol. The number of nitrogens with zero attached hydrogens (tertiary/aromatic N) is 1. The first-order valence-electron chi connectivity index (χ1n) is 8.45. The number of hydrogen-bond donors (Lipinski definition) is 1. The second kappa shape index (κ2) is 8.40. The molecule has 1 N–H and O–H groups in total. The molecule has 2 unspecified atom stereocenters. The summed E-state index contributed by atoms with van der Waals surface area (Å²) in [6.45, 7) is 10.8. The summed E-state index contributed by atoms with van der Waals surface area (Å²) >= 11 is 0. The summed E-state index contributed by atoms with van der Waals surface area (Å²) in [4.78, 5) is 2.67. The minimum atomic E-state index is 0.463. The van der Waals surface area contributed by atoms with Gasteiger partial charge < -0.3 is 10.1 Å². The average Bonchev–Trinajstić information content (AvgIpc) is 2.54. The Morgan fingerprint density at radius 2 is 2.05 bits per heavy atom. The zero-order valence-electron chi connectivity index (χ0n) is 13.8. The molecule has 0 amide bonds. The highest BCUT2D eigenvalue weighted by atomic mass is 16.5. The van der Waals surface area contributed by atoms with E-state index in [-0.39, 0.29) is 0 Å². The Labute approximate surface area is 129 Å². The first-order valence-corrected chi connectivity index (χ1v) is 8.45. The van der Waals surface area contributed by atoms with E-state index in [1.165, 1.54) is 37.9 Å². The lowest BCUT2D eigenvalue weighted by atomic mass is 10.00. The molecule has 0 bridgehead atoms. The minimum Gasteiger partial charge on any atom is -0.494 e. The summed E-state index contributed by atoms with van der Waals surface area (Å²) in [5, 5.41) is 3.54. The van der Waals surface area contributed by atoms with Crippen LogP contribution in [0.1, 0.15) is 51.6 Å². The van der Waals surface area contributed by atoms with Crippen LogP contribution in [0.2, 0.25) is 0 Å². The number of rotatable bonds is 7. The molecule has 1 aliphatic heterocycles. The number of nitrogens with one attached hydrogen (secondary N) is 1. The quantitative estimate of drug-likeness (QED) is 0.830. The number of piperidine rings is 1. The Morgan fingerprint density at radius 3 is 2.62 bits per heavy atom. The summed E-state index contributed by atoms with van der Waals surface area (Å²) in [7, 11) is 0. The maximum absolute atomic E-state index is 5.54. The molecule has 1 fully saturated rings. The second-order valence-electron chi connectivity index (χ2n) is 5.92. The first kappa shape index (κ1) is 16.3. The maximum atomic E-state index is 5.54. The van der Waals surface area contributed by atoms with E-state index in [1.54, 1.807) is 0 Å². The minimum absolute atomic E-state index is 0.463. The molecule has 0 radical (unpaired) electrons. The highest BCUT2D eigenvalue weighted by molar-refractivity contribution is 5.29. The smallest absolute Gasteiger partial charge is 0.119 e. The van der Waals surface area contributed by atoms with E-state index in [4.69, 9.17) is 4.74 Å². The van der Waals surface area contributed by atoms with Crippen molar-refractivity contribution >= 4 is 0 Å². The number of benzene rings is 1. The van der Waals surface area contributed by atoms with Crippen molar-refractivity contribution in [3.63, 3.8) is 0 Å². The summed E-state index contributed by atoms with van der Waals surface area (Å²) in [5.41, 5.74) is 1.39. The molecule has 0 aliphatic carbocycles. The van der Waals surface area contributed by atoms with Crippen LogP contribution in [0, 0.1) is 0 Å². The lowest BCUT2D eigenvalue weighted by Gasteiger charge is -2.39. The van der Waals surface area contributed by atoms with Crippen molar-refractivity contribution in [3.05, 3.63) is 29.8 Å². The van der Waals surface area contributed by atoms with Crippen LogP contribution in [-0.4, -0.2) is 37.2 Å². The highest BCUT2D eigenvalue weighted by Gasteiger charge is 2.25. The van der Waals surface area contributed by atoms with Crippen LogP contribution in [0.4, 0.5) is 0 Å². The van der Waals surface area contributed by atoms with E-state index < -0.39 is 0 Å². The van der Waals surface area contributed by atoms with Crippen molar-refractivity contribution in [2.75, 3.05) is 26.2 Å². The van der Waals surface area contributed by atoms with Crippen LogP contribution in [0.15, 0.2) is 24.3 Å². The molecule has 2 atom stereocenters. The van der Waals surface area contributed by atoms with Crippen molar-refractivity contribution in [2.24, 2.45) is 0 Å². The van der Waals surface area contributed by atoms with Gasteiger partial charge in [0.25, 0.3) is 0 Å². The van der Waals surface area contributed by atoms with Gasteiger partial charge in [0, 0.05) is 18.6 Å². The molecule has 3 heteroatoms. The normalized spacial score (nSPS) is 20.5. The molecule has 0 saturated carbocycles. The van der Waals surface area contributed by atoms with Gasteiger partial charge in [-0.3, -0.25) is 4.90 Å². The third-order valence-electron chi connectivity index (χ3n) is 4.39. The molecule has 0 aromatic heterocycles. The summed E-state index contributed by atoms with van der Waals surface area (Å²) in [6, 6.07) is 9.76. The largest absolute Gasteiger partial charge is 0.494 e. The Balaban J connectivity index is 2.07. The average molecular weight is 290 g/mol. The highest BCUT2D eigenvalue weighted by Crippen LogP contribution is 2.26. The SMILES string of the molecule is CCCN(C1CCCNC1)C(C)c1ccc(OCC)cc1. The predicted molar refractivity (Wildman–Crippen MR) is 88.9 cm³/mol. The number of hydrogen-bond acceptors (Lipinski definition) is 3. The van der Waals surface area contributed by atoms with Crippen molar-refractivity contribution in [1.29, 1.82) is 0 Å². The van der Waals surface area contributed by atoms with Gasteiger partial charge in [-0.2, -0.15) is 0 Å². The molecule has 21 heavy (non-hydrogen) atoms. The molecule has 3 nitrogen and oxygen atoms in total. The fourth-order valence-corrected chi connectivity index (χ4v) is 3.27. The van der Waals surface area contributed by atoms with Crippen molar-refractivity contribution < 1.29 is 4.74 Å². The zero-order valence-corrected chi connectivity index (χ0v) is 13.8. The lowest BCUT2D eigenvalue weighted by Crippen LogP contribution is -2.47. The van der Waals surface area contributed by atoms with E-state index in [2.05, 4.69) is 48.3 Å². The van der Waals surface area contributed by atoms with Crippen LogP contribution in [-0.2, 0) is 0 Å².